The maximum atomic E-state index is 12.4. The molecule has 0 aromatic heterocycles. The van der Waals surface area contributed by atoms with Crippen LogP contribution in [0.15, 0.2) is 24.3 Å². The Morgan fingerprint density at radius 2 is 2.05 bits per heavy atom. The fraction of sp³-hybridized carbons (Fsp3) is 0.632. The van der Waals surface area contributed by atoms with Crippen LogP contribution in [0, 0.1) is 12.8 Å². The molecule has 2 aliphatic rings. The molecule has 120 valence electrons. The fourth-order valence-electron chi connectivity index (χ4n) is 4.11. The van der Waals surface area contributed by atoms with E-state index in [0.717, 1.165) is 23.5 Å². The lowest BCUT2D eigenvalue weighted by Gasteiger charge is -2.25. The molecule has 1 atom stereocenters. The van der Waals surface area contributed by atoms with Gasteiger partial charge in [0.05, 0.1) is 6.54 Å². The number of nitrogens with zero attached hydrogens (tertiary/aromatic N) is 1. The highest BCUT2D eigenvalue weighted by Crippen LogP contribution is 2.35. The summed E-state index contributed by atoms with van der Waals surface area (Å²) in [5.41, 5.74) is 1.21. The number of amides is 1. The Morgan fingerprint density at radius 1 is 1.32 bits per heavy atom. The van der Waals surface area contributed by atoms with Gasteiger partial charge in [-0.25, -0.2) is 0 Å². The highest BCUT2D eigenvalue weighted by atomic mass is 16.3. The predicted octanol–water partition coefficient (Wildman–Crippen LogP) is 3.39. The summed E-state index contributed by atoms with van der Waals surface area (Å²) in [6.45, 7) is 3.15. The van der Waals surface area contributed by atoms with Crippen LogP contribution in [-0.4, -0.2) is 29.0 Å². The van der Waals surface area contributed by atoms with Crippen LogP contribution in [0.1, 0.15) is 56.1 Å². The molecule has 0 bridgehead atoms. The Balaban J connectivity index is 1.59. The molecule has 1 aliphatic carbocycles. The first-order valence-corrected chi connectivity index (χ1v) is 8.65. The zero-order valence-electron chi connectivity index (χ0n) is 13.6. The van der Waals surface area contributed by atoms with Gasteiger partial charge in [-0.3, -0.25) is 4.79 Å². The van der Waals surface area contributed by atoms with Crippen LogP contribution in [-0.2, 0) is 10.4 Å². The number of carbonyl (C=O) groups is 1. The topological polar surface area (TPSA) is 40.5 Å². The Bertz CT molecular complexity index is 536. The monoisotopic (exact) mass is 301 g/mol. The summed E-state index contributed by atoms with van der Waals surface area (Å²) >= 11 is 0. The Kier molecular flexibility index (Phi) is 4.53. The molecule has 1 amide bonds. The van der Waals surface area contributed by atoms with Crippen LogP contribution in [0.2, 0.25) is 0 Å². The van der Waals surface area contributed by atoms with E-state index in [4.69, 9.17) is 0 Å². The lowest BCUT2D eigenvalue weighted by molar-refractivity contribution is -0.131. The van der Waals surface area contributed by atoms with Gasteiger partial charge in [0, 0.05) is 13.0 Å². The summed E-state index contributed by atoms with van der Waals surface area (Å²) in [5, 5.41) is 10.9. The van der Waals surface area contributed by atoms with E-state index in [1.807, 2.05) is 36.1 Å². The van der Waals surface area contributed by atoms with E-state index in [1.54, 1.807) is 0 Å². The molecule has 1 saturated carbocycles. The van der Waals surface area contributed by atoms with E-state index in [9.17, 15) is 9.90 Å². The molecule has 1 N–H and O–H groups in total. The van der Waals surface area contributed by atoms with Crippen molar-refractivity contribution in [3.63, 3.8) is 0 Å². The van der Waals surface area contributed by atoms with Gasteiger partial charge in [0.1, 0.15) is 5.60 Å². The number of hydrogen-bond acceptors (Lipinski definition) is 2. The van der Waals surface area contributed by atoms with Gasteiger partial charge in [-0.05, 0) is 36.8 Å². The highest BCUT2D eigenvalue weighted by molar-refractivity contribution is 5.76. The SMILES string of the molecule is Cc1ccccc1C1(O)CCN(C(=O)CCC2CCCC2)C1. The fourth-order valence-corrected chi connectivity index (χ4v) is 4.11. The molecular formula is C19H27NO2. The van der Waals surface area contributed by atoms with Crippen molar-refractivity contribution in [1.29, 1.82) is 0 Å². The maximum absolute atomic E-state index is 12.4. The average Bonchev–Trinajstić information content (AvgIpc) is 3.15. The summed E-state index contributed by atoms with van der Waals surface area (Å²) in [6, 6.07) is 7.96. The number of likely N-dealkylation sites (tertiary alicyclic amines) is 1. The molecule has 1 aromatic rings. The van der Waals surface area contributed by atoms with Gasteiger partial charge >= 0.3 is 0 Å². The third-order valence-electron chi connectivity index (χ3n) is 5.49. The zero-order chi connectivity index (χ0) is 15.6. The van der Waals surface area contributed by atoms with Crippen molar-refractivity contribution >= 4 is 5.91 Å². The van der Waals surface area contributed by atoms with E-state index in [0.29, 0.717) is 25.9 Å². The maximum Gasteiger partial charge on any atom is 0.222 e. The molecule has 0 radical (unpaired) electrons. The second kappa shape index (κ2) is 6.41. The first kappa shape index (κ1) is 15.5. The van der Waals surface area contributed by atoms with Crippen LogP contribution >= 0.6 is 0 Å². The first-order chi connectivity index (χ1) is 10.6. The van der Waals surface area contributed by atoms with Crippen LogP contribution in [0.25, 0.3) is 0 Å². The molecule has 3 heteroatoms. The summed E-state index contributed by atoms with van der Waals surface area (Å²) < 4.78 is 0. The lowest BCUT2D eigenvalue weighted by Crippen LogP contribution is -2.34. The van der Waals surface area contributed by atoms with Crippen molar-refractivity contribution in [3.05, 3.63) is 35.4 Å². The smallest absolute Gasteiger partial charge is 0.222 e. The summed E-state index contributed by atoms with van der Waals surface area (Å²) in [5.74, 6) is 0.971. The van der Waals surface area contributed by atoms with Crippen LogP contribution in [0.4, 0.5) is 0 Å². The quantitative estimate of drug-likeness (QED) is 0.926. The van der Waals surface area contributed by atoms with Crippen molar-refractivity contribution in [2.24, 2.45) is 5.92 Å². The standard InChI is InChI=1S/C19H27NO2/c1-15-6-2-5-9-17(15)19(22)12-13-20(14-19)18(21)11-10-16-7-3-4-8-16/h2,5-6,9,16,22H,3-4,7-8,10-14H2,1H3. The van der Waals surface area contributed by atoms with Crippen molar-refractivity contribution in [3.8, 4) is 0 Å². The molecule has 1 heterocycles. The molecule has 2 fully saturated rings. The molecular weight excluding hydrogens is 274 g/mol. The van der Waals surface area contributed by atoms with Crippen LogP contribution in [0.3, 0.4) is 0 Å². The van der Waals surface area contributed by atoms with Crippen molar-refractivity contribution in [2.45, 2.75) is 57.5 Å². The Labute approximate surface area is 133 Å². The second-order valence-electron chi connectivity index (χ2n) is 7.10. The molecule has 1 unspecified atom stereocenters. The van der Waals surface area contributed by atoms with E-state index in [1.165, 1.54) is 25.7 Å². The van der Waals surface area contributed by atoms with Crippen LogP contribution in [0.5, 0.6) is 0 Å². The molecule has 1 aromatic carbocycles. The number of rotatable bonds is 4. The van der Waals surface area contributed by atoms with Gasteiger partial charge in [0.15, 0.2) is 0 Å². The van der Waals surface area contributed by atoms with Crippen LogP contribution < -0.4 is 0 Å². The molecule has 22 heavy (non-hydrogen) atoms. The minimum atomic E-state index is -0.867. The minimum absolute atomic E-state index is 0.219. The summed E-state index contributed by atoms with van der Waals surface area (Å²) in [4.78, 5) is 14.3. The Hall–Kier alpha value is -1.35. The van der Waals surface area contributed by atoms with Gasteiger partial charge in [0.25, 0.3) is 0 Å². The molecule has 0 spiro atoms. The minimum Gasteiger partial charge on any atom is -0.383 e. The summed E-state index contributed by atoms with van der Waals surface area (Å²) in [7, 11) is 0. The van der Waals surface area contributed by atoms with Crippen molar-refractivity contribution in [1.82, 2.24) is 4.90 Å². The van der Waals surface area contributed by atoms with E-state index in [-0.39, 0.29) is 5.91 Å². The Morgan fingerprint density at radius 3 is 2.77 bits per heavy atom. The average molecular weight is 301 g/mol. The molecule has 3 nitrogen and oxygen atoms in total. The van der Waals surface area contributed by atoms with Crippen molar-refractivity contribution < 1.29 is 9.90 Å². The lowest BCUT2D eigenvalue weighted by atomic mass is 9.89. The van der Waals surface area contributed by atoms with E-state index in [2.05, 4.69) is 0 Å². The van der Waals surface area contributed by atoms with Crippen molar-refractivity contribution in [2.75, 3.05) is 13.1 Å². The molecule has 1 saturated heterocycles. The number of hydrogen-bond donors (Lipinski definition) is 1. The van der Waals surface area contributed by atoms with Gasteiger partial charge in [-0.15, -0.1) is 0 Å². The zero-order valence-corrected chi connectivity index (χ0v) is 13.6. The predicted molar refractivity (Wildman–Crippen MR) is 87.5 cm³/mol. The molecule has 1 aliphatic heterocycles. The number of aliphatic hydroxyl groups is 1. The highest BCUT2D eigenvalue weighted by Gasteiger charge is 2.40. The van der Waals surface area contributed by atoms with Gasteiger partial charge in [0.2, 0.25) is 5.91 Å². The number of β-amino-alcohol motifs (C(OH)–C–C–N with tert-alkyl or cyclic N) is 1. The number of aryl methyl sites for hydroxylation is 1. The summed E-state index contributed by atoms with van der Waals surface area (Å²) in [6.07, 6.45) is 7.56. The molecule has 3 rings (SSSR count). The van der Waals surface area contributed by atoms with Gasteiger partial charge in [-0.2, -0.15) is 0 Å². The third-order valence-corrected chi connectivity index (χ3v) is 5.49. The first-order valence-electron chi connectivity index (χ1n) is 8.65. The largest absolute Gasteiger partial charge is 0.383 e. The normalized spacial score (nSPS) is 25.8. The second-order valence-corrected chi connectivity index (χ2v) is 7.10. The third kappa shape index (κ3) is 3.19. The van der Waals surface area contributed by atoms with Gasteiger partial charge < -0.3 is 10.0 Å². The van der Waals surface area contributed by atoms with E-state index < -0.39 is 5.60 Å². The van der Waals surface area contributed by atoms with Gasteiger partial charge in [-0.1, -0.05) is 49.9 Å². The van der Waals surface area contributed by atoms with E-state index >= 15 is 0 Å². The number of carbonyl (C=O) groups excluding carboxylic acids is 1. The number of benzene rings is 1.